The van der Waals surface area contributed by atoms with Crippen molar-refractivity contribution < 1.29 is 0 Å². The van der Waals surface area contributed by atoms with Crippen LogP contribution >= 0.6 is 24.0 Å². The van der Waals surface area contributed by atoms with Crippen molar-refractivity contribution in [1.82, 2.24) is 15.5 Å². The highest BCUT2D eigenvalue weighted by Crippen LogP contribution is 2.25. The van der Waals surface area contributed by atoms with Crippen LogP contribution in [0.15, 0.2) is 29.3 Å². The van der Waals surface area contributed by atoms with Gasteiger partial charge in [0, 0.05) is 44.2 Å². The molecule has 0 radical (unpaired) electrons. The van der Waals surface area contributed by atoms with Crippen LogP contribution in [0.4, 0.5) is 0 Å². The number of nitrogens with zero attached hydrogens (tertiary/aromatic N) is 2. The molecule has 0 amide bonds. The fraction of sp³-hybridized carbons (Fsp3) is 0.667. The highest BCUT2D eigenvalue weighted by molar-refractivity contribution is 14.0. The number of guanidine groups is 1. The molecule has 2 rings (SSSR count). The topological polar surface area (TPSA) is 39.7 Å². The second-order valence-corrected chi connectivity index (χ2v) is 8.17. The van der Waals surface area contributed by atoms with Crippen molar-refractivity contribution >= 4 is 29.9 Å². The monoisotopic (exact) mass is 472 g/mol. The predicted octanol–water partition coefficient (Wildman–Crippen LogP) is 3.93. The Morgan fingerprint density at radius 2 is 1.85 bits per heavy atom. The third kappa shape index (κ3) is 6.41. The molecule has 0 spiro atoms. The molecule has 0 aromatic heterocycles. The average molecular weight is 472 g/mol. The van der Waals surface area contributed by atoms with Gasteiger partial charge in [0.2, 0.25) is 0 Å². The second-order valence-electron chi connectivity index (χ2n) is 8.17. The molecule has 0 unspecified atom stereocenters. The summed E-state index contributed by atoms with van der Waals surface area (Å²) >= 11 is 0. The van der Waals surface area contributed by atoms with Crippen molar-refractivity contribution in [3.8, 4) is 0 Å². The average Bonchev–Trinajstić information content (AvgIpc) is 2.59. The molecule has 26 heavy (non-hydrogen) atoms. The number of likely N-dealkylation sites (tertiary alicyclic amines) is 1. The summed E-state index contributed by atoms with van der Waals surface area (Å²) in [5.74, 6) is 0.921. The van der Waals surface area contributed by atoms with Gasteiger partial charge in [-0.3, -0.25) is 4.99 Å². The van der Waals surface area contributed by atoms with Gasteiger partial charge in [-0.1, -0.05) is 38.1 Å². The molecule has 5 heteroatoms. The number of nitrogens with one attached hydrogen (secondary N) is 2. The quantitative estimate of drug-likeness (QED) is 0.388. The van der Waals surface area contributed by atoms with E-state index in [0.29, 0.717) is 12.1 Å². The summed E-state index contributed by atoms with van der Waals surface area (Å²) in [5, 5.41) is 7.16. The smallest absolute Gasteiger partial charge is 0.191 e. The molecule has 0 bridgehead atoms. The molecule has 1 aromatic rings. The van der Waals surface area contributed by atoms with Gasteiger partial charge in [-0.15, -0.1) is 24.0 Å². The molecule has 0 saturated carbocycles. The van der Waals surface area contributed by atoms with Crippen LogP contribution in [-0.2, 0) is 5.41 Å². The third-order valence-corrected chi connectivity index (χ3v) is 5.40. The normalized spacial score (nSPS) is 17.1. The van der Waals surface area contributed by atoms with Crippen molar-refractivity contribution in [3.05, 3.63) is 35.4 Å². The molecular weight excluding hydrogens is 435 g/mol. The van der Waals surface area contributed by atoms with Gasteiger partial charge in [0.1, 0.15) is 0 Å². The predicted molar refractivity (Wildman–Crippen MR) is 124 cm³/mol. The first-order valence-corrected chi connectivity index (χ1v) is 9.61. The number of halogens is 1. The lowest BCUT2D eigenvalue weighted by Gasteiger charge is -2.36. The fourth-order valence-electron chi connectivity index (χ4n) is 3.68. The molecule has 0 atom stereocenters. The number of aryl methyl sites for hydroxylation is 1. The number of rotatable bonds is 5. The van der Waals surface area contributed by atoms with Crippen molar-refractivity contribution in [3.63, 3.8) is 0 Å². The Kier molecular flexibility index (Phi) is 9.38. The molecule has 1 aliphatic heterocycles. The Hall–Kier alpha value is -0.820. The van der Waals surface area contributed by atoms with Gasteiger partial charge in [0.05, 0.1) is 0 Å². The number of benzene rings is 1. The van der Waals surface area contributed by atoms with Crippen molar-refractivity contribution in [2.24, 2.45) is 4.99 Å². The van der Waals surface area contributed by atoms with Crippen molar-refractivity contribution in [2.45, 2.75) is 65.0 Å². The van der Waals surface area contributed by atoms with Gasteiger partial charge in [-0.05, 0) is 44.7 Å². The lowest BCUT2D eigenvalue weighted by Crippen LogP contribution is -2.51. The van der Waals surface area contributed by atoms with Crippen LogP contribution in [0.5, 0.6) is 0 Å². The summed E-state index contributed by atoms with van der Waals surface area (Å²) in [6, 6.07) is 9.81. The second kappa shape index (κ2) is 10.5. The Bertz CT molecular complexity index is 575. The minimum absolute atomic E-state index is 0. The lowest BCUT2D eigenvalue weighted by molar-refractivity contribution is 0.167. The van der Waals surface area contributed by atoms with E-state index < -0.39 is 0 Å². The Balaban J connectivity index is 0.00000338. The van der Waals surface area contributed by atoms with E-state index in [4.69, 9.17) is 0 Å². The standard InChI is InChI=1S/C21H36N4.HI/c1-16(2)25-13-11-18(12-14-25)24-20(22-6)23-15-21(4,5)19-10-8-7-9-17(19)3;/h7-10,16,18H,11-15H2,1-6H3,(H2,22,23,24);1H. The molecule has 1 aromatic carbocycles. The minimum Gasteiger partial charge on any atom is -0.356 e. The maximum atomic E-state index is 4.44. The minimum atomic E-state index is 0. The van der Waals surface area contributed by atoms with Crippen LogP contribution in [0.3, 0.4) is 0 Å². The maximum absolute atomic E-state index is 4.44. The molecular formula is C21H37IN4. The van der Waals surface area contributed by atoms with Gasteiger partial charge < -0.3 is 15.5 Å². The molecule has 1 saturated heterocycles. The SMILES string of the molecule is CN=C(NCC(C)(C)c1ccccc1C)NC1CCN(C(C)C)CC1.I. The first-order chi connectivity index (χ1) is 11.8. The zero-order valence-electron chi connectivity index (χ0n) is 17.3. The van der Waals surface area contributed by atoms with Crippen LogP contribution in [-0.4, -0.2) is 49.6 Å². The zero-order valence-corrected chi connectivity index (χ0v) is 19.6. The van der Waals surface area contributed by atoms with Gasteiger partial charge in [0.25, 0.3) is 0 Å². The summed E-state index contributed by atoms with van der Waals surface area (Å²) in [6.07, 6.45) is 2.36. The number of hydrogen-bond donors (Lipinski definition) is 2. The van der Waals surface area contributed by atoms with Crippen molar-refractivity contribution in [2.75, 3.05) is 26.7 Å². The van der Waals surface area contributed by atoms with Crippen LogP contribution in [0, 0.1) is 6.92 Å². The number of piperidine rings is 1. The summed E-state index contributed by atoms with van der Waals surface area (Å²) in [7, 11) is 1.86. The van der Waals surface area contributed by atoms with E-state index in [2.05, 4.69) is 79.4 Å². The van der Waals surface area contributed by atoms with Crippen molar-refractivity contribution in [1.29, 1.82) is 0 Å². The fourth-order valence-corrected chi connectivity index (χ4v) is 3.68. The molecule has 2 N–H and O–H groups in total. The number of aliphatic imine (C=N–C) groups is 1. The van der Waals surface area contributed by atoms with Crippen LogP contribution < -0.4 is 10.6 Å². The van der Waals surface area contributed by atoms with Crippen LogP contribution in [0.1, 0.15) is 51.7 Å². The maximum Gasteiger partial charge on any atom is 0.191 e. The Morgan fingerprint density at radius 3 is 2.38 bits per heavy atom. The van der Waals surface area contributed by atoms with E-state index in [9.17, 15) is 0 Å². The molecule has 1 aliphatic rings. The van der Waals surface area contributed by atoms with Gasteiger partial charge in [-0.2, -0.15) is 0 Å². The van der Waals surface area contributed by atoms with E-state index >= 15 is 0 Å². The first-order valence-electron chi connectivity index (χ1n) is 9.61. The lowest BCUT2D eigenvalue weighted by atomic mass is 9.82. The van der Waals surface area contributed by atoms with Gasteiger partial charge >= 0.3 is 0 Å². The summed E-state index contributed by atoms with van der Waals surface area (Å²) in [5.41, 5.74) is 2.80. The van der Waals surface area contributed by atoms with E-state index in [1.165, 1.54) is 37.1 Å². The largest absolute Gasteiger partial charge is 0.356 e. The third-order valence-electron chi connectivity index (χ3n) is 5.40. The number of hydrogen-bond acceptors (Lipinski definition) is 2. The molecule has 1 heterocycles. The Morgan fingerprint density at radius 1 is 1.23 bits per heavy atom. The molecule has 148 valence electrons. The van der Waals surface area contributed by atoms with Gasteiger partial charge in [-0.25, -0.2) is 0 Å². The van der Waals surface area contributed by atoms with Gasteiger partial charge in [0.15, 0.2) is 5.96 Å². The Labute approximate surface area is 177 Å². The van der Waals surface area contributed by atoms with E-state index in [-0.39, 0.29) is 29.4 Å². The first kappa shape index (κ1) is 23.2. The highest BCUT2D eigenvalue weighted by atomic mass is 127. The van der Waals surface area contributed by atoms with Crippen LogP contribution in [0.25, 0.3) is 0 Å². The van der Waals surface area contributed by atoms with Crippen LogP contribution in [0.2, 0.25) is 0 Å². The zero-order chi connectivity index (χ0) is 18.4. The highest BCUT2D eigenvalue weighted by Gasteiger charge is 2.24. The molecule has 1 fully saturated rings. The van der Waals surface area contributed by atoms with E-state index in [1.807, 2.05) is 7.05 Å². The molecule has 4 nitrogen and oxygen atoms in total. The summed E-state index contributed by atoms with van der Waals surface area (Å²) in [4.78, 5) is 6.99. The van der Waals surface area contributed by atoms with E-state index in [1.54, 1.807) is 0 Å². The van der Waals surface area contributed by atoms with E-state index in [0.717, 1.165) is 12.5 Å². The molecule has 0 aliphatic carbocycles. The summed E-state index contributed by atoms with van der Waals surface area (Å²) in [6.45, 7) is 14.5. The summed E-state index contributed by atoms with van der Waals surface area (Å²) < 4.78 is 0.